The molecule has 0 atom stereocenters. The summed E-state index contributed by atoms with van der Waals surface area (Å²) >= 11 is 0. The minimum atomic E-state index is 0.182. The predicted molar refractivity (Wildman–Crippen MR) is 72.1 cm³/mol. The summed E-state index contributed by atoms with van der Waals surface area (Å²) in [6, 6.07) is 5.47. The van der Waals surface area contributed by atoms with Crippen LogP contribution in [-0.2, 0) is 11.3 Å². The van der Waals surface area contributed by atoms with Crippen molar-refractivity contribution in [3.8, 4) is 11.5 Å². The van der Waals surface area contributed by atoms with Crippen molar-refractivity contribution >= 4 is 0 Å². The van der Waals surface area contributed by atoms with Crippen LogP contribution in [0.15, 0.2) is 18.2 Å². The van der Waals surface area contributed by atoms with E-state index in [1.54, 1.807) is 19.2 Å². The number of phenolic OH excluding ortho intramolecular Hbond substituents is 1. The van der Waals surface area contributed by atoms with Crippen molar-refractivity contribution in [1.82, 2.24) is 4.90 Å². The second-order valence-electron chi connectivity index (χ2n) is 4.66. The highest BCUT2D eigenvalue weighted by Gasteiger charge is 2.05. The van der Waals surface area contributed by atoms with Gasteiger partial charge in [0, 0.05) is 13.1 Å². The molecule has 4 heteroatoms. The number of benzene rings is 1. The number of likely N-dealkylation sites (N-methyl/N-ethyl adjacent to an activating group) is 1. The Morgan fingerprint density at radius 3 is 2.61 bits per heavy atom. The Bertz CT molecular complexity index is 366. The largest absolute Gasteiger partial charge is 0.504 e. The summed E-state index contributed by atoms with van der Waals surface area (Å²) in [4.78, 5) is 2.16. The lowest BCUT2D eigenvalue weighted by Gasteiger charge is -2.18. The zero-order valence-electron chi connectivity index (χ0n) is 11.6. The Kier molecular flexibility index (Phi) is 5.95. The van der Waals surface area contributed by atoms with Gasteiger partial charge < -0.3 is 14.6 Å². The molecule has 0 bridgehead atoms. The minimum absolute atomic E-state index is 0.182. The molecule has 0 radical (unpaired) electrons. The van der Waals surface area contributed by atoms with E-state index in [9.17, 15) is 5.11 Å². The lowest BCUT2D eigenvalue weighted by molar-refractivity contribution is 0.0627. The van der Waals surface area contributed by atoms with Gasteiger partial charge in [-0.2, -0.15) is 0 Å². The number of nitrogens with zero attached hydrogens (tertiary/aromatic N) is 1. The molecule has 0 aliphatic carbocycles. The average molecular weight is 253 g/mol. The van der Waals surface area contributed by atoms with E-state index in [0.29, 0.717) is 5.75 Å². The lowest BCUT2D eigenvalue weighted by atomic mass is 10.2. The molecular weight excluding hydrogens is 230 g/mol. The quantitative estimate of drug-likeness (QED) is 0.809. The summed E-state index contributed by atoms with van der Waals surface area (Å²) in [6.07, 6.45) is 0.267. The summed E-state index contributed by atoms with van der Waals surface area (Å²) in [5.74, 6) is 0.686. The van der Waals surface area contributed by atoms with Crippen LogP contribution in [0.4, 0.5) is 0 Å². The maximum atomic E-state index is 9.68. The Morgan fingerprint density at radius 1 is 1.33 bits per heavy atom. The molecule has 0 heterocycles. The van der Waals surface area contributed by atoms with E-state index >= 15 is 0 Å². The molecule has 1 aromatic rings. The number of methoxy groups -OCH3 is 1. The first-order valence-corrected chi connectivity index (χ1v) is 6.19. The van der Waals surface area contributed by atoms with Gasteiger partial charge in [-0.1, -0.05) is 6.07 Å². The van der Waals surface area contributed by atoms with Gasteiger partial charge in [0.2, 0.25) is 0 Å². The Labute approximate surface area is 109 Å². The summed E-state index contributed by atoms with van der Waals surface area (Å²) in [5.41, 5.74) is 1.06. The van der Waals surface area contributed by atoms with Crippen LogP contribution in [0.2, 0.25) is 0 Å². The number of rotatable bonds is 7. The van der Waals surface area contributed by atoms with Gasteiger partial charge in [0.15, 0.2) is 11.5 Å². The van der Waals surface area contributed by atoms with E-state index in [1.165, 1.54) is 0 Å². The van der Waals surface area contributed by atoms with E-state index in [-0.39, 0.29) is 11.9 Å². The van der Waals surface area contributed by atoms with Gasteiger partial charge in [-0.15, -0.1) is 0 Å². The van der Waals surface area contributed by atoms with Crippen molar-refractivity contribution in [3.05, 3.63) is 23.8 Å². The third-order valence-electron chi connectivity index (χ3n) is 2.62. The summed E-state index contributed by atoms with van der Waals surface area (Å²) in [5, 5.41) is 9.68. The highest BCUT2D eigenvalue weighted by molar-refractivity contribution is 5.41. The first-order valence-electron chi connectivity index (χ1n) is 6.19. The van der Waals surface area contributed by atoms with Crippen LogP contribution in [0.25, 0.3) is 0 Å². The molecule has 1 N–H and O–H groups in total. The SMILES string of the molecule is COc1ccc(CN(C)CCOC(C)C)cc1O. The second kappa shape index (κ2) is 7.24. The molecule has 0 amide bonds. The fraction of sp³-hybridized carbons (Fsp3) is 0.571. The maximum Gasteiger partial charge on any atom is 0.160 e. The van der Waals surface area contributed by atoms with Crippen LogP contribution in [0.3, 0.4) is 0 Å². The topological polar surface area (TPSA) is 41.9 Å². The smallest absolute Gasteiger partial charge is 0.160 e. The number of hydrogen-bond donors (Lipinski definition) is 1. The highest BCUT2D eigenvalue weighted by Crippen LogP contribution is 2.26. The molecule has 1 aromatic carbocycles. The van der Waals surface area contributed by atoms with Gasteiger partial charge in [-0.3, -0.25) is 4.90 Å². The van der Waals surface area contributed by atoms with E-state index in [2.05, 4.69) is 4.90 Å². The van der Waals surface area contributed by atoms with Crippen LogP contribution in [-0.4, -0.2) is 43.4 Å². The number of phenols is 1. The molecule has 0 spiro atoms. The fourth-order valence-electron chi connectivity index (χ4n) is 1.67. The minimum Gasteiger partial charge on any atom is -0.504 e. The van der Waals surface area contributed by atoms with Gasteiger partial charge in [0.05, 0.1) is 19.8 Å². The van der Waals surface area contributed by atoms with Crippen LogP contribution < -0.4 is 4.74 Å². The van der Waals surface area contributed by atoms with E-state index < -0.39 is 0 Å². The Hall–Kier alpha value is -1.26. The van der Waals surface area contributed by atoms with Crippen molar-refractivity contribution in [3.63, 3.8) is 0 Å². The molecule has 0 aliphatic rings. The molecule has 102 valence electrons. The molecule has 0 aromatic heterocycles. The first kappa shape index (κ1) is 14.8. The first-order chi connectivity index (χ1) is 8.52. The molecule has 0 fully saturated rings. The molecule has 4 nitrogen and oxygen atoms in total. The van der Waals surface area contributed by atoms with Gasteiger partial charge in [0.25, 0.3) is 0 Å². The Balaban J connectivity index is 2.44. The molecule has 0 unspecified atom stereocenters. The molecular formula is C14H23NO3. The van der Waals surface area contributed by atoms with Crippen LogP contribution in [0, 0.1) is 0 Å². The van der Waals surface area contributed by atoms with Crippen molar-refractivity contribution in [1.29, 1.82) is 0 Å². The fourth-order valence-corrected chi connectivity index (χ4v) is 1.67. The van der Waals surface area contributed by atoms with E-state index in [0.717, 1.165) is 25.3 Å². The summed E-state index contributed by atoms with van der Waals surface area (Å²) in [6.45, 7) is 6.42. The number of ether oxygens (including phenoxy) is 2. The summed E-state index contributed by atoms with van der Waals surface area (Å²) in [7, 11) is 3.58. The molecule has 0 saturated carbocycles. The van der Waals surface area contributed by atoms with Crippen LogP contribution in [0.5, 0.6) is 11.5 Å². The zero-order valence-corrected chi connectivity index (χ0v) is 11.6. The second-order valence-corrected chi connectivity index (χ2v) is 4.66. The maximum absolute atomic E-state index is 9.68. The van der Waals surface area contributed by atoms with E-state index in [4.69, 9.17) is 9.47 Å². The van der Waals surface area contributed by atoms with E-state index in [1.807, 2.05) is 27.0 Å². The van der Waals surface area contributed by atoms with Crippen molar-refractivity contribution < 1.29 is 14.6 Å². The predicted octanol–water partition coefficient (Wildman–Crippen LogP) is 2.26. The van der Waals surface area contributed by atoms with Gasteiger partial charge in [-0.05, 0) is 38.6 Å². The molecule has 1 rings (SSSR count). The van der Waals surface area contributed by atoms with Gasteiger partial charge >= 0.3 is 0 Å². The molecule has 0 aliphatic heterocycles. The molecule has 0 saturated heterocycles. The number of hydrogen-bond acceptors (Lipinski definition) is 4. The van der Waals surface area contributed by atoms with Crippen LogP contribution in [0.1, 0.15) is 19.4 Å². The lowest BCUT2D eigenvalue weighted by Crippen LogP contribution is -2.23. The molecule has 18 heavy (non-hydrogen) atoms. The monoisotopic (exact) mass is 253 g/mol. The van der Waals surface area contributed by atoms with Crippen molar-refractivity contribution in [2.45, 2.75) is 26.5 Å². The summed E-state index contributed by atoms with van der Waals surface area (Å²) < 4.78 is 10.5. The number of aromatic hydroxyl groups is 1. The third-order valence-corrected chi connectivity index (χ3v) is 2.62. The normalized spacial score (nSPS) is 11.2. The van der Waals surface area contributed by atoms with Gasteiger partial charge in [0.1, 0.15) is 0 Å². The standard InChI is InChI=1S/C14H23NO3/c1-11(2)18-8-7-15(3)10-12-5-6-14(17-4)13(16)9-12/h5-6,9,11,16H,7-8,10H2,1-4H3. The Morgan fingerprint density at radius 2 is 2.06 bits per heavy atom. The highest BCUT2D eigenvalue weighted by atomic mass is 16.5. The average Bonchev–Trinajstić information content (AvgIpc) is 2.28. The third kappa shape index (κ3) is 4.94. The zero-order chi connectivity index (χ0) is 13.5. The van der Waals surface area contributed by atoms with Crippen LogP contribution >= 0.6 is 0 Å². The van der Waals surface area contributed by atoms with Crippen molar-refractivity contribution in [2.75, 3.05) is 27.3 Å². The van der Waals surface area contributed by atoms with Crippen molar-refractivity contribution in [2.24, 2.45) is 0 Å². The van der Waals surface area contributed by atoms with Gasteiger partial charge in [-0.25, -0.2) is 0 Å².